The van der Waals surface area contributed by atoms with E-state index < -0.39 is 0 Å². The number of carbonyl (C=O) groups is 1. The first-order valence-corrected chi connectivity index (χ1v) is 9.74. The fourth-order valence-corrected chi connectivity index (χ4v) is 3.35. The van der Waals surface area contributed by atoms with E-state index in [1.807, 2.05) is 0 Å². The van der Waals surface area contributed by atoms with Gasteiger partial charge in [-0.3, -0.25) is 4.79 Å². The predicted octanol–water partition coefficient (Wildman–Crippen LogP) is 3.90. The Labute approximate surface area is 173 Å². The Balaban J connectivity index is 1.33. The Morgan fingerprint density at radius 3 is 2.23 bits per heavy atom. The minimum absolute atomic E-state index is 0.0410. The molecule has 4 rings (SSSR count). The number of anilines is 3. The number of hydrogen-bond acceptors (Lipinski definition) is 5. The van der Waals surface area contributed by atoms with Gasteiger partial charge in [-0.05, 0) is 67.4 Å². The Bertz CT molecular complexity index is 1000. The van der Waals surface area contributed by atoms with Crippen molar-refractivity contribution in [2.24, 2.45) is 0 Å². The fraction of sp³-hybridized carbons (Fsp3) is 0.227. The molecule has 0 spiro atoms. The van der Waals surface area contributed by atoms with Crippen LogP contribution in [0.2, 0.25) is 0 Å². The lowest BCUT2D eigenvalue weighted by Crippen LogP contribution is -2.45. The Hall–Kier alpha value is -3.55. The predicted molar refractivity (Wildman–Crippen MR) is 111 cm³/mol. The summed E-state index contributed by atoms with van der Waals surface area (Å²) in [5, 5.41) is 6.14. The van der Waals surface area contributed by atoms with Crippen molar-refractivity contribution in [1.82, 2.24) is 15.3 Å². The summed E-state index contributed by atoms with van der Waals surface area (Å²) in [7, 11) is 0. The van der Waals surface area contributed by atoms with Crippen LogP contribution in [0.5, 0.6) is 0 Å². The maximum atomic E-state index is 13.1. The van der Waals surface area contributed by atoms with Crippen LogP contribution in [0.15, 0.2) is 60.8 Å². The molecule has 8 heteroatoms. The summed E-state index contributed by atoms with van der Waals surface area (Å²) >= 11 is 0. The molecule has 0 radical (unpaired) electrons. The first-order valence-electron chi connectivity index (χ1n) is 9.74. The van der Waals surface area contributed by atoms with Gasteiger partial charge in [-0.15, -0.1) is 0 Å². The summed E-state index contributed by atoms with van der Waals surface area (Å²) in [6.45, 7) is 1.41. The summed E-state index contributed by atoms with van der Waals surface area (Å²) < 4.78 is 26.1. The molecule has 1 aromatic heterocycles. The lowest BCUT2D eigenvalue weighted by molar-refractivity contribution is 0.0931. The molecule has 2 N–H and O–H groups in total. The highest BCUT2D eigenvalue weighted by molar-refractivity contribution is 5.94. The van der Waals surface area contributed by atoms with Gasteiger partial charge in [0.05, 0.1) is 0 Å². The van der Waals surface area contributed by atoms with Crippen LogP contribution >= 0.6 is 0 Å². The smallest absolute Gasteiger partial charge is 0.251 e. The molecule has 2 aromatic carbocycles. The highest BCUT2D eigenvalue weighted by atomic mass is 19.1. The van der Waals surface area contributed by atoms with E-state index in [0.29, 0.717) is 30.4 Å². The number of piperidine rings is 1. The maximum absolute atomic E-state index is 13.1. The summed E-state index contributed by atoms with van der Waals surface area (Å²) in [6, 6.07) is 13.4. The second-order valence-electron chi connectivity index (χ2n) is 7.12. The van der Waals surface area contributed by atoms with Gasteiger partial charge in [0.25, 0.3) is 5.91 Å². The van der Waals surface area contributed by atoms with Crippen molar-refractivity contribution in [1.29, 1.82) is 0 Å². The number of nitrogens with one attached hydrogen (secondary N) is 2. The van der Waals surface area contributed by atoms with Crippen molar-refractivity contribution in [3.63, 3.8) is 0 Å². The molecule has 30 heavy (non-hydrogen) atoms. The number of amides is 1. The van der Waals surface area contributed by atoms with Gasteiger partial charge in [-0.1, -0.05) is 0 Å². The quantitative estimate of drug-likeness (QED) is 0.669. The molecule has 0 bridgehead atoms. The third-order valence-electron chi connectivity index (χ3n) is 4.98. The monoisotopic (exact) mass is 409 g/mol. The van der Waals surface area contributed by atoms with Crippen molar-refractivity contribution >= 4 is 23.4 Å². The molecule has 0 aliphatic carbocycles. The van der Waals surface area contributed by atoms with Crippen molar-refractivity contribution in [3.05, 3.63) is 78.0 Å². The molecule has 1 fully saturated rings. The normalized spacial score (nSPS) is 14.4. The lowest BCUT2D eigenvalue weighted by Gasteiger charge is -2.32. The van der Waals surface area contributed by atoms with E-state index in [2.05, 4.69) is 25.5 Å². The Kier molecular flexibility index (Phi) is 5.83. The molecular formula is C22H21F2N5O. The number of hydrogen-bond donors (Lipinski definition) is 2. The van der Waals surface area contributed by atoms with Gasteiger partial charge in [-0.2, -0.15) is 4.98 Å². The Morgan fingerprint density at radius 2 is 1.57 bits per heavy atom. The Morgan fingerprint density at radius 1 is 0.933 bits per heavy atom. The summed E-state index contributed by atoms with van der Waals surface area (Å²) in [6.07, 6.45) is 3.19. The molecule has 0 atom stereocenters. The van der Waals surface area contributed by atoms with E-state index in [4.69, 9.17) is 0 Å². The molecule has 1 saturated heterocycles. The minimum Gasteiger partial charge on any atom is -0.349 e. The van der Waals surface area contributed by atoms with Gasteiger partial charge in [0, 0.05) is 36.6 Å². The highest BCUT2D eigenvalue weighted by Gasteiger charge is 2.23. The third kappa shape index (κ3) is 4.89. The standard InChI is InChI=1S/C22H21F2N5O/c23-16-3-1-15(2-4-16)21(30)27-19-10-13-29(14-11-19)22-25-12-9-20(28-22)26-18-7-5-17(24)6-8-18/h1-9,12,19H,10-11,13-14H2,(H,27,30)(H,25,26,28). The zero-order valence-electron chi connectivity index (χ0n) is 16.2. The van der Waals surface area contributed by atoms with Gasteiger partial charge >= 0.3 is 0 Å². The van der Waals surface area contributed by atoms with Crippen LogP contribution in [0.25, 0.3) is 0 Å². The van der Waals surface area contributed by atoms with Crippen LogP contribution in [0.3, 0.4) is 0 Å². The summed E-state index contributed by atoms with van der Waals surface area (Å²) in [5.41, 5.74) is 1.19. The van der Waals surface area contributed by atoms with Gasteiger partial charge in [0.2, 0.25) is 5.95 Å². The van der Waals surface area contributed by atoms with E-state index in [1.165, 1.54) is 36.4 Å². The van der Waals surface area contributed by atoms with Gasteiger partial charge in [0.15, 0.2) is 0 Å². The highest BCUT2D eigenvalue weighted by Crippen LogP contribution is 2.20. The van der Waals surface area contributed by atoms with Crippen LogP contribution in [0.4, 0.5) is 26.2 Å². The van der Waals surface area contributed by atoms with E-state index in [9.17, 15) is 13.6 Å². The van der Waals surface area contributed by atoms with Crippen LogP contribution in [0, 0.1) is 11.6 Å². The van der Waals surface area contributed by atoms with Gasteiger partial charge < -0.3 is 15.5 Å². The molecule has 1 aliphatic rings. The molecule has 2 heterocycles. The van der Waals surface area contributed by atoms with E-state index in [-0.39, 0.29) is 23.6 Å². The first-order chi connectivity index (χ1) is 14.6. The third-order valence-corrected chi connectivity index (χ3v) is 4.98. The zero-order chi connectivity index (χ0) is 20.9. The fourth-order valence-electron chi connectivity index (χ4n) is 3.35. The number of benzene rings is 2. The SMILES string of the molecule is O=C(NC1CCN(c2nccc(Nc3ccc(F)cc3)n2)CC1)c1ccc(F)cc1. The van der Waals surface area contributed by atoms with E-state index >= 15 is 0 Å². The molecule has 6 nitrogen and oxygen atoms in total. The number of aromatic nitrogens is 2. The molecule has 1 aliphatic heterocycles. The average Bonchev–Trinajstić information content (AvgIpc) is 2.76. The number of halogens is 2. The van der Waals surface area contributed by atoms with Crippen molar-refractivity contribution in [3.8, 4) is 0 Å². The minimum atomic E-state index is -0.365. The topological polar surface area (TPSA) is 70.2 Å². The molecule has 0 unspecified atom stereocenters. The zero-order valence-corrected chi connectivity index (χ0v) is 16.2. The average molecular weight is 409 g/mol. The largest absolute Gasteiger partial charge is 0.349 e. The van der Waals surface area contributed by atoms with Crippen molar-refractivity contribution < 1.29 is 13.6 Å². The second-order valence-corrected chi connectivity index (χ2v) is 7.12. The summed E-state index contributed by atoms with van der Waals surface area (Å²) in [4.78, 5) is 23.3. The van der Waals surface area contributed by atoms with Crippen LogP contribution in [-0.4, -0.2) is 35.0 Å². The molecule has 154 valence electrons. The van der Waals surface area contributed by atoms with Gasteiger partial charge in [-0.25, -0.2) is 13.8 Å². The molecule has 3 aromatic rings. The van der Waals surface area contributed by atoms with E-state index in [0.717, 1.165) is 18.5 Å². The number of nitrogens with zero attached hydrogens (tertiary/aromatic N) is 3. The van der Waals surface area contributed by atoms with Crippen LogP contribution in [-0.2, 0) is 0 Å². The number of rotatable bonds is 5. The number of carbonyl (C=O) groups excluding carboxylic acids is 1. The molecule has 1 amide bonds. The van der Waals surface area contributed by atoms with Crippen LogP contribution in [0.1, 0.15) is 23.2 Å². The van der Waals surface area contributed by atoms with Crippen LogP contribution < -0.4 is 15.5 Å². The first kappa shape index (κ1) is 19.8. The summed E-state index contributed by atoms with van der Waals surface area (Å²) in [5.74, 6) is 0.369. The lowest BCUT2D eigenvalue weighted by atomic mass is 10.0. The molecule has 0 saturated carbocycles. The van der Waals surface area contributed by atoms with Gasteiger partial charge in [0.1, 0.15) is 17.5 Å². The molecular weight excluding hydrogens is 388 g/mol. The second kappa shape index (κ2) is 8.86. The van der Waals surface area contributed by atoms with Crippen molar-refractivity contribution in [2.45, 2.75) is 18.9 Å². The van der Waals surface area contributed by atoms with E-state index in [1.54, 1.807) is 24.4 Å². The maximum Gasteiger partial charge on any atom is 0.251 e. The van der Waals surface area contributed by atoms with Crippen molar-refractivity contribution in [2.75, 3.05) is 23.3 Å².